The molecule has 2 rings (SSSR count). The zero-order valence-electron chi connectivity index (χ0n) is 12.6. The van der Waals surface area contributed by atoms with Crippen molar-refractivity contribution in [2.45, 2.75) is 43.9 Å². The summed E-state index contributed by atoms with van der Waals surface area (Å²) in [5.74, 6) is -0.164. The highest BCUT2D eigenvalue weighted by Crippen LogP contribution is 2.38. The van der Waals surface area contributed by atoms with E-state index in [1.807, 2.05) is 12.1 Å². The molecule has 0 unspecified atom stereocenters. The van der Waals surface area contributed by atoms with Crippen LogP contribution in [0.1, 0.15) is 31.2 Å². The van der Waals surface area contributed by atoms with Crippen molar-refractivity contribution >= 4 is 17.5 Å². The molecule has 1 aromatic carbocycles. The number of likely N-dealkylation sites (tertiary alicyclic amines) is 1. The molecule has 0 atom stereocenters. The molecular formula is C16H19ClF3NO2. The van der Waals surface area contributed by atoms with Gasteiger partial charge < -0.3 is 10.0 Å². The molecular weight excluding hydrogens is 331 g/mol. The molecule has 0 saturated carbocycles. The van der Waals surface area contributed by atoms with E-state index in [2.05, 4.69) is 0 Å². The molecule has 1 N–H and O–H groups in total. The molecule has 1 fully saturated rings. The molecule has 1 aliphatic heterocycles. The number of halogens is 4. The van der Waals surface area contributed by atoms with Gasteiger partial charge in [-0.3, -0.25) is 4.79 Å². The van der Waals surface area contributed by atoms with Gasteiger partial charge >= 0.3 is 6.18 Å². The first kappa shape index (κ1) is 18.1. The summed E-state index contributed by atoms with van der Waals surface area (Å²) < 4.78 is 38.1. The number of aryl methyl sites for hydroxylation is 1. The molecule has 1 aliphatic rings. The van der Waals surface area contributed by atoms with Crippen molar-refractivity contribution in [1.29, 1.82) is 0 Å². The van der Waals surface area contributed by atoms with Crippen LogP contribution in [0.4, 0.5) is 13.2 Å². The van der Waals surface area contributed by atoms with Crippen molar-refractivity contribution in [3.8, 4) is 0 Å². The highest BCUT2D eigenvalue weighted by Gasteiger charge is 2.54. The molecule has 7 heteroatoms. The third-order valence-corrected chi connectivity index (χ3v) is 4.49. The van der Waals surface area contributed by atoms with Crippen LogP contribution in [0.15, 0.2) is 24.3 Å². The number of hydrogen-bond donors (Lipinski definition) is 1. The highest BCUT2D eigenvalue weighted by atomic mass is 35.5. The molecule has 3 nitrogen and oxygen atoms in total. The summed E-state index contributed by atoms with van der Waals surface area (Å²) in [5, 5.41) is 10.2. The van der Waals surface area contributed by atoms with E-state index in [0.29, 0.717) is 17.9 Å². The second-order valence-corrected chi connectivity index (χ2v) is 6.33. The minimum absolute atomic E-state index is 0.0597. The molecule has 0 spiro atoms. The maximum Gasteiger partial charge on any atom is 0.417 e. The molecule has 0 bridgehead atoms. The summed E-state index contributed by atoms with van der Waals surface area (Å²) in [7, 11) is 0. The van der Waals surface area contributed by atoms with Gasteiger partial charge in [0.2, 0.25) is 5.91 Å². The molecule has 1 heterocycles. The van der Waals surface area contributed by atoms with E-state index < -0.39 is 24.6 Å². The standard InChI is InChI=1S/C16H19ClF3NO2/c17-13-6-4-12(5-7-13)2-1-3-14(22)21-10-8-15(23,9-11-21)16(18,19)20/h4-7,23H,1-3,8-11H2. The molecule has 1 saturated heterocycles. The lowest BCUT2D eigenvalue weighted by molar-refractivity contribution is -0.272. The van der Waals surface area contributed by atoms with Crippen LogP contribution in [-0.2, 0) is 11.2 Å². The zero-order chi connectivity index (χ0) is 17.1. The SMILES string of the molecule is O=C(CCCc1ccc(Cl)cc1)N1CCC(O)(C(F)(F)F)CC1. The largest absolute Gasteiger partial charge is 0.417 e. The second kappa shape index (κ2) is 7.09. The predicted molar refractivity (Wildman–Crippen MR) is 81.2 cm³/mol. The van der Waals surface area contributed by atoms with Gasteiger partial charge in [0.15, 0.2) is 5.60 Å². The van der Waals surface area contributed by atoms with Crippen LogP contribution >= 0.6 is 11.6 Å². The van der Waals surface area contributed by atoms with Gasteiger partial charge in [-0.2, -0.15) is 13.2 Å². The topological polar surface area (TPSA) is 40.5 Å². The van der Waals surface area contributed by atoms with Crippen LogP contribution in [0.5, 0.6) is 0 Å². The quantitative estimate of drug-likeness (QED) is 0.902. The lowest BCUT2D eigenvalue weighted by Crippen LogP contribution is -2.54. The third kappa shape index (κ3) is 4.61. The number of piperidine rings is 1. The Bertz CT molecular complexity index is 537. The van der Waals surface area contributed by atoms with Crippen LogP contribution in [0.3, 0.4) is 0 Å². The van der Waals surface area contributed by atoms with Gasteiger partial charge in [0.25, 0.3) is 0 Å². The normalized spacial score (nSPS) is 18.0. The Hall–Kier alpha value is -1.27. The maximum atomic E-state index is 12.7. The van der Waals surface area contributed by atoms with Gasteiger partial charge in [0, 0.05) is 37.4 Å². The molecule has 0 aromatic heterocycles. The lowest BCUT2D eigenvalue weighted by atomic mass is 9.90. The van der Waals surface area contributed by atoms with Crippen LogP contribution in [0, 0.1) is 0 Å². The Morgan fingerprint density at radius 2 is 1.78 bits per heavy atom. The summed E-state index contributed by atoms with van der Waals surface area (Å²) in [6, 6.07) is 7.33. The Morgan fingerprint density at radius 1 is 1.22 bits per heavy atom. The van der Waals surface area contributed by atoms with Crippen molar-refractivity contribution < 1.29 is 23.1 Å². The summed E-state index contributed by atoms with van der Waals surface area (Å²) in [4.78, 5) is 13.4. The van der Waals surface area contributed by atoms with Crippen molar-refractivity contribution in [1.82, 2.24) is 4.90 Å². The van der Waals surface area contributed by atoms with Crippen molar-refractivity contribution in [3.63, 3.8) is 0 Å². The molecule has 128 valence electrons. The first-order chi connectivity index (χ1) is 10.7. The highest BCUT2D eigenvalue weighted by molar-refractivity contribution is 6.30. The third-order valence-electron chi connectivity index (χ3n) is 4.24. The Labute approximate surface area is 138 Å². The monoisotopic (exact) mass is 349 g/mol. The number of hydrogen-bond acceptors (Lipinski definition) is 2. The van der Waals surface area contributed by atoms with Crippen molar-refractivity contribution in [3.05, 3.63) is 34.9 Å². The fourth-order valence-corrected chi connectivity index (χ4v) is 2.79. The number of nitrogens with zero attached hydrogens (tertiary/aromatic N) is 1. The molecule has 1 aromatic rings. The number of carbonyl (C=O) groups excluding carboxylic acids is 1. The minimum Gasteiger partial charge on any atom is -0.380 e. The number of benzene rings is 1. The molecule has 0 aliphatic carbocycles. The first-order valence-electron chi connectivity index (χ1n) is 7.53. The molecule has 23 heavy (non-hydrogen) atoms. The number of aliphatic hydroxyl groups is 1. The Kier molecular flexibility index (Phi) is 5.57. The van der Waals surface area contributed by atoms with E-state index >= 15 is 0 Å². The van der Waals surface area contributed by atoms with E-state index in [1.54, 1.807) is 12.1 Å². The van der Waals surface area contributed by atoms with E-state index in [1.165, 1.54) is 4.90 Å². The molecule has 0 radical (unpaired) electrons. The van der Waals surface area contributed by atoms with Crippen LogP contribution in [0.2, 0.25) is 5.02 Å². The number of carbonyl (C=O) groups is 1. The van der Waals surface area contributed by atoms with E-state index in [9.17, 15) is 23.1 Å². The number of rotatable bonds is 4. The second-order valence-electron chi connectivity index (χ2n) is 5.89. The average molecular weight is 350 g/mol. The van der Waals surface area contributed by atoms with E-state index in [4.69, 9.17) is 11.6 Å². The van der Waals surface area contributed by atoms with Crippen LogP contribution in [-0.4, -0.2) is 40.8 Å². The van der Waals surface area contributed by atoms with E-state index in [0.717, 1.165) is 5.56 Å². The van der Waals surface area contributed by atoms with Crippen LogP contribution < -0.4 is 0 Å². The Balaban J connectivity index is 1.76. The predicted octanol–water partition coefficient (Wildman–Crippen LogP) is 3.58. The van der Waals surface area contributed by atoms with Gasteiger partial charge in [0.1, 0.15) is 0 Å². The summed E-state index contributed by atoms with van der Waals surface area (Å²) in [5.41, 5.74) is -1.60. The van der Waals surface area contributed by atoms with Gasteiger partial charge in [-0.15, -0.1) is 0 Å². The average Bonchev–Trinajstić information content (AvgIpc) is 2.49. The van der Waals surface area contributed by atoms with Gasteiger partial charge in [-0.05, 0) is 30.5 Å². The fourth-order valence-electron chi connectivity index (χ4n) is 2.66. The van der Waals surface area contributed by atoms with Crippen LogP contribution in [0.25, 0.3) is 0 Å². The maximum absolute atomic E-state index is 12.7. The van der Waals surface area contributed by atoms with Gasteiger partial charge in [-0.1, -0.05) is 23.7 Å². The van der Waals surface area contributed by atoms with Gasteiger partial charge in [-0.25, -0.2) is 0 Å². The zero-order valence-corrected chi connectivity index (χ0v) is 13.3. The van der Waals surface area contributed by atoms with Crippen molar-refractivity contribution in [2.75, 3.05) is 13.1 Å². The summed E-state index contributed by atoms with van der Waals surface area (Å²) in [6.07, 6.45) is -3.94. The Morgan fingerprint density at radius 3 is 2.30 bits per heavy atom. The lowest BCUT2D eigenvalue weighted by Gasteiger charge is -2.39. The first-order valence-corrected chi connectivity index (χ1v) is 7.90. The van der Waals surface area contributed by atoms with Crippen molar-refractivity contribution in [2.24, 2.45) is 0 Å². The number of amides is 1. The van der Waals surface area contributed by atoms with E-state index in [-0.39, 0.29) is 25.4 Å². The fraction of sp³-hybridized carbons (Fsp3) is 0.562. The minimum atomic E-state index is -4.64. The van der Waals surface area contributed by atoms with Gasteiger partial charge in [0.05, 0.1) is 0 Å². The summed E-state index contributed by atoms with van der Waals surface area (Å²) >= 11 is 5.79. The molecule has 1 amide bonds. The number of alkyl halides is 3. The summed E-state index contributed by atoms with van der Waals surface area (Å²) in [6.45, 7) is -0.119. The smallest absolute Gasteiger partial charge is 0.380 e.